The highest BCUT2D eigenvalue weighted by Crippen LogP contribution is 2.40. The Kier molecular flexibility index (Phi) is 4.63. The molecule has 2 aliphatic heterocycles. The predicted octanol–water partition coefficient (Wildman–Crippen LogP) is 3.68. The van der Waals surface area contributed by atoms with Crippen molar-refractivity contribution < 1.29 is 17.9 Å². The number of rotatable bonds is 3. The topological polar surface area (TPSA) is 55.8 Å². The van der Waals surface area contributed by atoms with Gasteiger partial charge in [-0.25, -0.2) is 8.42 Å². The minimum Gasteiger partial charge on any atom is -0.490 e. The summed E-state index contributed by atoms with van der Waals surface area (Å²) >= 11 is 0. The molecule has 2 aromatic rings. The normalized spacial score (nSPS) is 20.7. The number of fused-ring (bicyclic) bond motifs is 1. The maximum absolute atomic E-state index is 13.1. The third kappa shape index (κ3) is 3.19. The molecule has 26 heavy (non-hydrogen) atoms. The zero-order chi connectivity index (χ0) is 18.1. The lowest BCUT2D eigenvalue weighted by atomic mass is 10.0. The number of sulfonamides is 1. The Balaban J connectivity index is 1.66. The Morgan fingerprint density at radius 2 is 1.69 bits per heavy atom. The molecule has 2 aromatic carbocycles. The highest BCUT2D eigenvalue weighted by Gasteiger charge is 2.36. The van der Waals surface area contributed by atoms with Gasteiger partial charge in [-0.3, -0.25) is 0 Å². The maximum Gasteiger partial charge on any atom is 0.243 e. The molecule has 2 aliphatic rings. The van der Waals surface area contributed by atoms with Crippen molar-refractivity contribution in [2.75, 3.05) is 19.8 Å². The van der Waals surface area contributed by atoms with Gasteiger partial charge in [0, 0.05) is 13.0 Å². The second-order valence-corrected chi connectivity index (χ2v) is 8.73. The summed E-state index contributed by atoms with van der Waals surface area (Å²) in [5, 5.41) is 0. The van der Waals surface area contributed by atoms with Crippen molar-refractivity contribution in [3.8, 4) is 11.5 Å². The van der Waals surface area contributed by atoms with E-state index in [1.54, 1.807) is 16.4 Å². The zero-order valence-corrected chi connectivity index (χ0v) is 15.7. The molecule has 0 amide bonds. The van der Waals surface area contributed by atoms with Gasteiger partial charge in [0.2, 0.25) is 10.0 Å². The van der Waals surface area contributed by atoms with Crippen molar-refractivity contribution in [2.24, 2.45) is 0 Å². The van der Waals surface area contributed by atoms with Crippen LogP contribution < -0.4 is 9.47 Å². The molecule has 138 valence electrons. The number of benzene rings is 2. The van der Waals surface area contributed by atoms with E-state index in [1.165, 1.54) is 0 Å². The van der Waals surface area contributed by atoms with Crippen molar-refractivity contribution in [3.05, 3.63) is 53.6 Å². The monoisotopic (exact) mass is 373 g/mol. The quantitative estimate of drug-likeness (QED) is 0.823. The number of hydrogen-bond acceptors (Lipinski definition) is 4. The summed E-state index contributed by atoms with van der Waals surface area (Å²) in [5.41, 5.74) is 2.01. The highest BCUT2D eigenvalue weighted by atomic mass is 32.2. The molecule has 0 spiro atoms. The van der Waals surface area contributed by atoms with Crippen molar-refractivity contribution in [2.45, 2.75) is 37.1 Å². The third-order valence-electron chi connectivity index (χ3n) is 4.99. The van der Waals surface area contributed by atoms with Crippen LogP contribution in [0.3, 0.4) is 0 Å². The minimum absolute atomic E-state index is 0.168. The van der Waals surface area contributed by atoms with Crippen LogP contribution in [0.4, 0.5) is 0 Å². The van der Waals surface area contributed by atoms with E-state index in [2.05, 4.69) is 0 Å². The molecule has 0 aliphatic carbocycles. The summed E-state index contributed by atoms with van der Waals surface area (Å²) in [6.07, 6.45) is 2.51. The van der Waals surface area contributed by atoms with Crippen molar-refractivity contribution in [1.29, 1.82) is 0 Å². The van der Waals surface area contributed by atoms with Crippen LogP contribution in [0, 0.1) is 6.92 Å². The lowest BCUT2D eigenvalue weighted by Gasteiger charge is -2.25. The largest absolute Gasteiger partial charge is 0.490 e. The minimum atomic E-state index is -3.52. The van der Waals surface area contributed by atoms with Gasteiger partial charge in [0.25, 0.3) is 0 Å². The predicted molar refractivity (Wildman–Crippen MR) is 99.1 cm³/mol. The fourth-order valence-electron chi connectivity index (χ4n) is 3.59. The SMILES string of the molecule is Cc1ccc(S(=O)(=O)N2CCC[C@@H]2c2ccc3c(c2)OCCCO3)cc1. The van der Waals surface area contributed by atoms with Crippen LogP contribution >= 0.6 is 0 Å². The van der Waals surface area contributed by atoms with Gasteiger partial charge in [0.15, 0.2) is 11.5 Å². The molecule has 0 bridgehead atoms. The molecule has 2 heterocycles. The first-order valence-corrected chi connectivity index (χ1v) is 10.5. The molecule has 0 radical (unpaired) electrons. The smallest absolute Gasteiger partial charge is 0.243 e. The number of aryl methyl sites for hydroxylation is 1. The third-order valence-corrected chi connectivity index (χ3v) is 6.91. The Morgan fingerprint density at radius 1 is 0.962 bits per heavy atom. The van der Waals surface area contributed by atoms with Gasteiger partial charge in [0.05, 0.1) is 24.2 Å². The molecule has 5 nitrogen and oxygen atoms in total. The van der Waals surface area contributed by atoms with Crippen LogP contribution in [-0.2, 0) is 10.0 Å². The summed E-state index contributed by atoms with van der Waals surface area (Å²) in [4.78, 5) is 0.351. The van der Waals surface area contributed by atoms with Crippen LogP contribution in [0.2, 0.25) is 0 Å². The molecule has 6 heteroatoms. The molecule has 0 aromatic heterocycles. The Labute approximate surface area is 154 Å². The van der Waals surface area contributed by atoms with E-state index in [9.17, 15) is 8.42 Å². The van der Waals surface area contributed by atoms with Gasteiger partial charge >= 0.3 is 0 Å². The molecule has 0 saturated carbocycles. The maximum atomic E-state index is 13.1. The molecule has 1 fully saturated rings. The molecule has 4 rings (SSSR count). The van der Waals surface area contributed by atoms with E-state index in [1.807, 2.05) is 37.3 Å². The van der Waals surface area contributed by atoms with Gasteiger partial charge in [0.1, 0.15) is 0 Å². The Morgan fingerprint density at radius 3 is 2.46 bits per heavy atom. The average molecular weight is 373 g/mol. The first kappa shape index (κ1) is 17.4. The van der Waals surface area contributed by atoms with Gasteiger partial charge in [-0.2, -0.15) is 4.31 Å². The van der Waals surface area contributed by atoms with Crippen molar-refractivity contribution in [3.63, 3.8) is 0 Å². The van der Waals surface area contributed by atoms with E-state index in [0.717, 1.165) is 36.1 Å². The fourth-order valence-corrected chi connectivity index (χ4v) is 5.28. The summed E-state index contributed by atoms with van der Waals surface area (Å²) in [7, 11) is -3.52. The average Bonchev–Trinajstić information content (AvgIpc) is 3.02. The Bertz CT molecular complexity index is 893. The highest BCUT2D eigenvalue weighted by molar-refractivity contribution is 7.89. The van der Waals surface area contributed by atoms with E-state index < -0.39 is 10.0 Å². The lowest BCUT2D eigenvalue weighted by Crippen LogP contribution is -2.30. The summed E-state index contributed by atoms with van der Waals surface area (Å²) in [6, 6.07) is 12.7. The molecule has 1 atom stereocenters. The Hall–Kier alpha value is -2.05. The second kappa shape index (κ2) is 6.93. The molecular formula is C20H23NO4S. The van der Waals surface area contributed by atoms with Crippen LogP contribution in [0.25, 0.3) is 0 Å². The van der Waals surface area contributed by atoms with Gasteiger partial charge in [-0.05, 0) is 49.6 Å². The van der Waals surface area contributed by atoms with Crippen molar-refractivity contribution >= 4 is 10.0 Å². The van der Waals surface area contributed by atoms with E-state index in [0.29, 0.717) is 30.4 Å². The van der Waals surface area contributed by atoms with Gasteiger partial charge < -0.3 is 9.47 Å². The van der Waals surface area contributed by atoms with Gasteiger partial charge in [-0.15, -0.1) is 0 Å². The molecule has 1 saturated heterocycles. The fraction of sp³-hybridized carbons (Fsp3) is 0.400. The first-order valence-electron chi connectivity index (χ1n) is 9.04. The molecule has 0 unspecified atom stereocenters. The van der Waals surface area contributed by atoms with Crippen LogP contribution in [0.5, 0.6) is 11.5 Å². The number of nitrogens with zero attached hydrogens (tertiary/aromatic N) is 1. The van der Waals surface area contributed by atoms with E-state index >= 15 is 0 Å². The standard InChI is InChI=1S/C20H23NO4S/c1-15-5-8-17(9-6-15)26(22,23)21-11-2-4-18(21)16-7-10-19-20(14-16)25-13-3-12-24-19/h5-10,14,18H,2-4,11-13H2,1H3/t18-/m1/s1. The molecule has 0 N–H and O–H groups in total. The van der Waals surface area contributed by atoms with E-state index in [-0.39, 0.29) is 6.04 Å². The van der Waals surface area contributed by atoms with Crippen LogP contribution in [-0.4, -0.2) is 32.5 Å². The number of hydrogen-bond donors (Lipinski definition) is 0. The lowest BCUT2D eigenvalue weighted by molar-refractivity contribution is 0.296. The van der Waals surface area contributed by atoms with Crippen molar-refractivity contribution in [1.82, 2.24) is 4.31 Å². The summed E-state index contributed by atoms with van der Waals surface area (Å²) in [6.45, 7) is 3.75. The summed E-state index contributed by atoms with van der Waals surface area (Å²) < 4.78 is 39.4. The second-order valence-electron chi connectivity index (χ2n) is 6.84. The van der Waals surface area contributed by atoms with Gasteiger partial charge in [-0.1, -0.05) is 23.8 Å². The molecular weight excluding hydrogens is 350 g/mol. The summed E-state index contributed by atoms with van der Waals surface area (Å²) in [5.74, 6) is 1.44. The first-order chi connectivity index (χ1) is 12.6. The zero-order valence-electron chi connectivity index (χ0n) is 14.8. The van der Waals surface area contributed by atoms with E-state index in [4.69, 9.17) is 9.47 Å². The van der Waals surface area contributed by atoms with Crippen LogP contribution in [0.15, 0.2) is 47.4 Å². The number of ether oxygens (including phenoxy) is 2. The van der Waals surface area contributed by atoms with Crippen LogP contribution in [0.1, 0.15) is 36.4 Å².